The molecule has 116 valence electrons. The van der Waals surface area contributed by atoms with E-state index < -0.39 is 30.8 Å². The molecule has 1 atom stereocenters. The third kappa shape index (κ3) is 5.06. The summed E-state index contributed by atoms with van der Waals surface area (Å²) in [6, 6.07) is 4.13. The Balaban J connectivity index is 2.73. The standard InChI is InChI=1S/C15H20FNO4/c1-4-11(3)17(8-15(19)20)14(18)9-21-13-7-10(2)5-6-12(13)16/h5-7,11H,4,8-9H2,1-3H3,(H,19,20). The number of aliphatic carboxylic acids is 1. The number of carbonyl (C=O) groups excluding carboxylic acids is 1. The SMILES string of the molecule is CCC(C)N(CC(=O)O)C(=O)COc1cc(C)ccc1F. The number of benzene rings is 1. The molecule has 1 amide bonds. The van der Waals surface area contributed by atoms with Crippen LogP contribution in [0.1, 0.15) is 25.8 Å². The molecule has 0 aliphatic rings. The fraction of sp³-hybridized carbons (Fsp3) is 0.467. The van der Waals surface area contributed by atoms with E-state index in [1.807, 2.05) is 6.92 Å². The quantitative estimate of drug-likeness (QED) is 0.838. The molecule has 21 heavy (non-hydrogen) atoms. The van der Waals surface area contributed by atoms with Gasteiger partial charge in [-0.3, -0.25) is 9.59 Å². The average molecular weight is 297 g/mol. The molecule has 5 nitrogen and oxygen atoms in total. The third-order valence-corrected chi connectivity index (χ3v) is 3.19. The molecule has 0 bridgehead atoms. The largest absolute Gasteiger partial charge is 0.481 e. The van der Waals surface area contributed by atoms with Crippen molar-refractivity contribution in [3.05, 3.63) is 29.6 Å². The van der Waals surface area contributed by atoms with Gasteiger partial charge < -0.3 is 14.7 Å². The molecule has 0 aromatic heterocycles. The van der Waals surface area contributed by atoms with Crippen molar-refractivity contribution in [3.63, 3.8) is 0 Å². The van der Waals surface area contributed by atoms with Gasteiger partial charge in [0.05, 0.1) is 0 Å². The molecular weight excluding hydrogens is 277 g/mol. The van der Waals surface area contributed by atoms with Crippen LogP contribution in [-0.4, -0.2) is 41.1 Å². The van der Waals surface area contributed by atoms with Crippen LogP contribution in [0, 0.1) is 12.7 Å². The molecule has 0 aliphatic heterocycles. The lowest BCUT2D eigenvalue weighted by Crippen LogP contribution is -2.44. The van der Waals surface area contributed by atoms with E-state index >= 15 is 0 Å². The maximum absolute atomic E-state index is 13.5. The third-order valence-electron chi connectivity index (χ3n) is 3.19. The highest BCUT2D eigenvalue weighted by Crippen LogP contribution is 2.18. The van der Waals surface area contributed by atoms with Crippen molar-refractivity contribution in [1.29, 1.82) is 0 Å². The van der Waals surface area contributed by atoms with E-state index in [-0.39, 0.29) is 11.8 Å². The fourth-order valence-electron chi connectivity index (χ4n) is 1.80. The minimum atomic E-state index is -1.09. The number of ether oxygens (including phenoxy) is 1. The summed E-state index contributed by atoms with van der Waals surface area (Å²) in [6.07, 6.45) is 0.623. The van der Waals surface area contributed by atoms with Gasteiger partial charge in [-0.2, -0.15) is 0 Å². The van der Waals surface area contributed by atoms with Gasteiger partial charge in [0.1, 0.15) is 6.54 Å². The number of halogens is 1. The zero-order valence-corrected chi connectivity index (χ0v) is 12.4. The summed E-state index contributed by atoms with van der Waals surface area (Å²) in [6.45, 7) is 4.61. The Morgan fingerprint density at radius 2 is 2.10 bits per heavy atom. The molecule has 0 heterocycles. The first-order chi connectivity index (χ1) is 9.85. The van der Waals surface area contributed by atoms with Crippen LogP contribution in [0.25, 0.3) is 0 Å². The summed E-state index contributed by atoms with van der Waals surface area (Å²) in [5.41, 5.74) is 0.808. The van der Waals surface area contributed by atoms with Gasteiger partial charge in [0.2, 0.25) is 0 Å². The zero-order chi connectivity index (χ0) is 16.0. The van der Waals surface area contributed by atoms with E-state index in [1.54, 1.807) is 19.9 Å². The van der Waals surface area contributed by atoms with Crippen molar-refractivity contribution in [1.82, 2.24) is 4.90 Å². The first-order valence-corrected chi connectivity index (χ1v) is 6.75. The van der Waals surface area contributed by atoms with E-state index in [0.717, 1.165) is 5.56 Å². The van der Waals surface area contributed by atoms with Crippen molar-refractivity contribution in [2.45, 2.75) is 33.2 Å². The number of hydrogen-bond donors (Lipinski definition) is 1. The molecule has 0 spiro atoms. The van der Waals surface area contributed by atoms with Crippen LogP contribution in [0.2, 0.25) is 0 Å². The van der Waals surface area contributed by atoms with Crippen LogP contribution < -0.4 is 4.74 Å². The number of nitrogens with zero attached hydrogens (tertiary/aromatic N) is 1. The normalized spacial score (nSPS) is 11.8. The highest BCUT2D eigenvalue weighted by atomic mass is 19.1. The Bertz CT molecular complexity index is 518. The molecule has 1 rings (SSSR count). The lowest BCUT2D eigenvalue weighted by Gasteiger charge is -2.26. The van der Waals surface area contributed by atoms with Crippen molar-refractivity contribution in [2.24, 2.45) is 0 Å². The topological polar surface area (TPSA) is 66.8 Å². The summed E-state index contributed by atoms with van der Waals surface area (Å²) in [4.78, 5) is 24.1. The second kappa shape index (κ2) is 7.61. The van der Waals surface area contributed by atoms with E-state index in [2.05, 4.69) is 0 Å². The van der Waals surface area contributed by atoms with Crippen molar-refractivity contribution in [2.75, 3.05) is 13.2 Å². The molecule has 0 saturated heterocycles. The summed E-state index contributed by atoms with van der Waals surface area (Å²) in [7, 11) is 0. The average Bonchev–Trinajstić information content (AvgIpc) is 2.44. The van der Waals surface area contributed by atoms with Crippen LogP contribution in [0.5, 0.6) is 5.75 Å². The van der Waals surface area contributed by atoms with Gasteiger partial charge in [0, 0.05) is 6.04 Å². The monoisotopic (exact) mass is 297 g/mol. The molecule has 1 aromatic carbocycles. The Morgan fingerprint density at radius 3 is 2.67 bits per heavy atom. The highest BCUT2D eigenvalue weighted by molar-refractivity contribution is 5.82. The van der Waals surface area contributed by atoms with E-state index in [1.165, 1.54) is 17.0 Å². The summed E-state index contributed by atoms with van der Waals surface area (Å²) >= 11 is 0. The van der Waals surface area contributed by atoms with E-state index in [9.17, 15) is 14.0 Å². The highest BCUT2D eigenvalue weighted by Gasteiger charge is 2.22. The van der Waals surface area contributed by atoms with Gasteiger partial charge in [-0.05, 0) is 38.0 Å². The molecule has 6 heteroatoms. The van der Waals surface area contributed by atoms with Crippen LogP contribution in [-0.2, 0) is 9.59 Å². The first-order valence-electron chi connectivity index (χ1n) is 6.75. The second-order valence-corrected chi connectivity index (χ2v) is 4.90. The zero-order valence-electron chi connectivity index (χ0n) is 12.4. The van der Waals surface area contributed by atoms with Crippen molar-refractivity contribution < 1.29 is 23.8 Å². The molecule has 0 aliphatic carbocycles. The van der Waals surface area contributed by atoms with Crippen LogP contribution in [0.3, 0.4) is 0 Å². The van der Waals surface area contributed by atoms with Gasteiger partial charge in [0.15, 0.2) is 18.2 Å². The molecular formula is C15H20FNO4. The van der Waals surface area contributed by atoms with Gasteiger partial charge in [0.25, 0.3) is 5.91 Å². The van der Waals surface area contributed by atoms with Crippen molar-refractivity contribution in [3.8, 4) is 5.75 Å². The van der Waals surface area contributed by atoms with Gasteiger partial charge >= 0.3 is 5.97 Å². The van der Waals surface area contributed by atoms with E-state index in [4.69, 9.17) is 9.84 Å². The number of rotatable bonds is 7. The predicted octanol–water partition coefficient (Wildman–Crippen LogP) is 2.22. The first kappa shape index (κ1) is 16.9. The fourth-order valence-corrected chi connectivity index (χ4v) is 1.80. The number of hydrogen-bond acceptors (Lipinski definition) is 3. The Kier molecular flexibility index (Phi) is 6.14. The molecule has 0 fully saturated rings. The number of amides is 1. The molecule has 1 aromatic rings. The van der Waals surface area contributed by atoms with Gasteiger partial charge in [-0.1, -0.05) is 13.0 Å². The number of carbonyl (C=O) groups is 2. The van der Waals surface area contributed by atoms with Gasteiger partial charge in [-0.25, -0.2) is 4.39 Å². The summed E-state index contributed by atoms with van der Waals surface area (Å²) < 4.78 is 18.7. The maximum atomic E-state index is 13.5. The molecule has 0 radical (unpaired) electrons. The summed E-state index contributed by atoms with van der Waals surface area (Å²) in [5.74, 6) is -2.14. The van der Waals surface area contributed by atoms with E-state index in [0.29, 0.717) is 6.42 Å². The van der Waals surface area contributed by atoms with Crippen LogP contribution >= 0.6 is 0 Å². The minimum Gasteiger partial charge on any atom is -0.481 e. The molecule has 0 saturated carbocycles. The number of carboxylic acids is 1. The van der Waals surface area contributed by atoms with Crippen LogP contribution in [0.4, 0.5) is 4.39 Å². The summed E-state index contributed by atoms with van der Waals surface area (Å²) in [5, 5.41) is 8.85. The minimum absolute atomic E-state index is 0.0113. The lowest BCUT2D eigenvalue weighted by molar-refractivity contribution is -0.147. The lowest BCUT2D eigenvalue weighted by atomic mass is 10.2. The van der Waals surface area contributed by atoms with Crippen molar-refractivity contribution >= 4 is 11.9 Å². The Labute approximate surface area is 123 Å². The number of aryl methyl sites for hydroxylation is 1. The molecule has 1 N–H and O–H groups in total. The maximum Gasteiger partial charge on any atom is 0.323 e. The second-order valence-electron chi connectivity index (χ2n) is 4.90. The molecule has 1 unspecified atom stereocenters. The Hall–Kier alpha value is -2.11. The number of carboxylic acid groups (broad SMARTS) is 1. The van der Waals surface area contributed by atoms with Crippen LogP contribution in [0.15, 0.2) is 18.2 Å². The smallest absolute Gasteiger partial charge is 0.323 e. The van der Waals surface area contributed by atoms with Gasteiger partial charge in [-0.15, -0.1) is 0 Å². The Morgan fingerprint density at radius 1 is 1.43 bits per heavy atom. The predicted molar refractivity (Wildman–Crippen MR) is 75.7 cm³/mol.